The zero-order valence-corrected chi connectivity index (χ0v) is 22.9. The average Bonchev–Trinajstić information content (AvgIpc) is 2.76. The van der Waals surface area contributed by atoms with Crippen LogP contribution in [0.1, 0.15) is 48.0 Å². The van der Waals surface area contributed by atoms with Crippen molar-refractivity contribution in [3.63, 3.8) is 0 Å². The molecule has 10 heteroatoms. The van der Waals surface area contributed by atoms with Crippen molar-refractivity contribution in [3.8, 4) is 5.75 Å². The molecule has 0 amide bonds. The lowest BCUT2D eigenvalue weighted by atomic mass is 9.77. The molecule has 3 N–H and O–H groups in total. The van der Waals surface area contributed by atoms with Crippen LogP contribution in [0.15, 0.2) is 74.6 Å². The Morgan fingerprint density at radius 3 is 2.14 bits per heavy atom. The fourth-order valence-corrected chi connectivity index (χ4v) is 5.54. The molecule has 194 valence electrons. The molecule has 0 fully saturated rings. The maximum absolute atomic E-state index is 13.1. The molecular weight excluding hydrogens is 498 g/mol. The summed E-state index contributed by atoms with van der Waals surface area (Å²) in [5, 5.41) is 19.8. The number of hydrogen-bond donors (Lipinski definition) is 3. The molecule has 0 aliphatic carbocycles. The minimum Gasteiger partial charge on any atom is -0.506 e. The largest absolute Gasteiger partial charge is 0.506 e. The number of nitrogens with one attached hydrogen (secondary N) is 1. The van der Waals surface area contributed by atoms with Crippen LogP contribution in [0, 0.1) is 10.8 Å². The molecule has 0 aromatic heterocycles. The van der Waals surface area contributed by atoms with Gasteiger partial charge in [0.2, 0.25) is 10.0 Å². The highest BCUT2D eigenvalue weighted by Gasteiger charge is 2.32. The van der Waals surface area contributed by atoms with Crippen LogP contribution in [0.5, 0.6) is 5.75 Å². The highest BCUT2D eigenvalue weighted by molar-refractivity contribution is 7.89. The third-order valence-corrected chi connectivity index (χ3v) is 7.86. The number of rotatable bonds is 7. The van der Waals surface area contributed by atoms with Crippen LogP contribution in [0.25, 0.3) is 10.8 Å². The van der Waals surface area contributed by atoms with Gasteiger partial charge in [-0.1, -0.05) is 53.7 Å². The Morgan fingerprint density at radius 1 is 0.944 bits per heavy atom. The maximum atomic E-state index is 13.1. The summed E-state index contributed by atoms with van der Waals surface area (Å²) in [7, 11) is -3.75. The number of nitrogens with zero attached hydrogens (tertiary/aromatic N) is 2. The molecule has 3 aromatic rings. The Hall–Kier alpha value is -2.66. The molecule has 3 rings (SSSR count). The predicted molar refractivity (Wildman–Crippen MR) is 143 cm³/mol. The van der Waals surface area contributed by atoms with E-state index < -0.39 is 21.1 Å². The summed E-state index contributed by atoms with van der Waals surface area (Å²) in [5.41, 5.74) is 0.299. The van der Waals surface area contributed by atoms with Gasteiger partial charge in [-0.05, 0) is 65.1 Å². The number of phenolic OH excluding ortho intramolecular Hbond substituents is 1. The first-order valence-electron chi connectivity index (χ1n) is 11.5. The number of sulfonamides is 1. The van der Waals surface area contributed by atoms with E-state index in [1.165, 1.54) is 24.3 Å². The van der Waals surface area contributed by atoms with Crippen LogP contribution < -0.4 is 4.72 Å². The van der Waals surface area contributed by atoms with E-state index >= 15 is 0 Å². The van der Waals surface area contributed by atoms with E-state index in [9.17, 15) is 22.3 Å². The Balaban J connectivity index is 1.86. The predicted octanol–water partition coefficient (Wildman–Crippen LogP) is 6.67. The van der Waals surface area contributed by atoms with Crippen LogP contribution >= 0.6 is 0 Å². The molecule has 0 saturated heterocycles. The molecule has 0 heterocycles. The second-order valence-corrected chi connectivity index (χ2v) is 13.7. The Kier molecular flexibility index (Phi) is 8.04. The molecule has 8 nitrogen and oxygen atoms in total. The van der Waals surface area contributed by atoms with Gasteiger partial charge in [-0.2, -0.15) is 5.11 Å². The van der Waals surface area contributed by atoms with Gasteiger partial charge in [0.25, 0.3) is 0 Å². The van der Waals surface area contributed by atoms with E-state index in [1.54, 1.807) is 30.3 Å². The van der Waals surface area contributed by atoms with Gasteiger partial charge >= 0.3 is 0 Å². The highest BCUT2D eigenvalue weighted by atomic mass is 32.2. The minimum absolute atomic E-state index is 0.0470. The summed E-state index contributed by atoms with van der Waals surface area (Å²) in [5.74, 6) is -0.0976. The standard InChI is InChI=1S/C26H33N3O5S2/c1-25(2,3)16-23(26(4,5)6)29-36(33,34)20-11-8-18(9-12-20)27-28-24-21-13-10-19(35(31)32)15-17(21)7-14-22(24)30/h7-15,23,29-30H,16H2,1-6H3,(H,31,32). The summed E-state index contributed by atoms with van der Waals surface area (Å²) in [4.78, 5) is 0.361. The first-order chi connectivity index (χ1) is 16.6. The third-order valence-electron chi connectivity index (χ3n) is 5.71. The second kappa shape index (κ2) is 10.4. The van der Waals surface area contributed by atoms with Crippen LogP contribution in [0.2, 0.25) is 0 Å². The lowest BCUT2D eigenvalue weighted by molar-refractivity contribution is 0.216. The summed E-state index contributed by atoms with van der Waals surface area (Å²) in [6.07, 6.45) is 0.687. The molecule has 36 heavy (non-hydrogen) atoms. The smallest absolute Gasteiger partial charge is 0.240 e. The van der Waals surface area contributed by atoms with Crippen molar-refractivity contribution in [2.24, 2.45) is 21.1 Å². The first kappa shape index (κ1) is 27.9. The topological polar surface area (TPSA) is 128 Å². The Morgan fingerprint density at radius 2 is 1.58 bits per heavy atom. The van der Waals surface area contributed by atoms with Crippen molar-refractivity contribution in [2.45, 2.75) is 63.8 Å². The molecule has 3 aromatic carbocycles. The van der Waals surface area contributed by atoms with Gasteiger partial charge in [0, 0.05) is 11.4 Å². The lowest BCUT2D eigenvalue weighted by Gasteiger charge is -2.35. The van der Waals surface area contributed by atoms with Crippen LogP contribution in [-0.2, 0) is 21.1 Å². The Labute approximate surface area is 215 Å². The van der Waals surface area contributed by atoms with Crippen molar-refractivity contribution in [2.75, 3.05) is 0 Å². The zero-order valence-electron chi connectivity index (χ0n) is 21.3. The molecular formula is C26H33N3O5S2. The fraction of sp³-hybridized carbons (Fsp3) is 0.385. The van der Waals surface area contributed by atoms with Gasteiger partial charge in [-0.15, -0.1) is 5.11 Å². The summed E-state index contributed by atoms with van der Waals surface area (Å²) >= 11 is -2.13. The zero-order chi connectivity index (χ0) is 26.9. The SMILES string of the molecule is CC(C)(C)CC(NS(=O)(=O)c1ccc(N=Nc2c(O)ccc3cc(S(=O)O)ccc23)cc1)C(C)(C)C. The van der Waals surface area contributed by atoms with E-state index in [2.05, 4.69) is 35.7 Å². The monoisotopic (exact) mass is 531 g/mol. The number of fused-ring (bicyclic) bond motifs is 1. The van der Waals surface area contributed by atoms with E-state index in [0.717, 1.165) is 0 Å². The van der Waals surface area contributed by atoms with E-state index in [0.29, 0.717) is 22.9 Å². The van der Waals surface area contributed by atoms with Gasteiger partial charge in [-0.25, -0.2) is 17.3 Å². The highest BCUT2D eigenvalue weighted by Crippen LogP contribution is 2.37. The van der Waals surface area contributed by atoms with Crippen LogP contribution in [-0.4, -0.2) is 28.3 Å². The van der Waals surface area contributed by atoms with Gasteiger partial charge < -0.3 is 9.66 Å². The molecule has 0 saturated carbocycles. The van der Waals surface area contributed by atoms with Gasteiger partial charge in [0.05, 0.1) is 15.5 Å². The number of aromatic hydroxyl groups is 1. The van der Waals surface area contributed by atoms with Crippen molar-refractivity contribution in [1.82, 2.24) is 4.72 Å². The fourth-order valence-electron chi connectivity index (χ4n) is 3.69. The van der Waals surface area contributed by atoms with Crippen LogP contribution in [0.4, 0.5) is 11.4 Å². The molecule has 0 bridgehead atoms. The summed E-state index contributed by atoms with van der Waals surface area (Å²) < 4.78 is 49.7. The van der Waals surface area contributed by atoms with Crippen molar-refractivity contribution in [3.05, 3.63) is 54.6 Å². The first-order valence-corrected chi connectivity index (χ1v) is 14.1. The number of phenols is 1. The molecule has 2 unspecified atom stereocenters. The molecule has 0 aliphatic rings. The van der Waals surface area contributed by atoms with E-state index in [-0.39, 0.29) is 38.1 Å². The summed E-state index contributed by atoms with van der Waals surface area (Å²) in [6, 6.07) is 13.5. The molecule has 0 radical (unpaired) electrons. The van der Waals surface area contributed by atoms with Gasteiger partial charge in [0.15, 0.2) is 11.1 Å². The van der Waals surface area contributed by atoms with Crippen molar-refractivity contribution >= 4 is 43.3 Å². The van der Waals surface area contributed by atoms with Crippen LogP contribution in [0.3, 0.4) is 0 Å². The molecule has 2 atom stereocenters. The summed E-state index contributed by atoms with van der Waals surface area (Å²) in [6.45, 7) is 12.3. The third kappa shape index (κ3) is 6.97. The minimum atomic E-state index is -3.75. The van der Waals surface area contributed by atoms with Crippen molar-refractivity contribution in [1.29, 1.82) is 0 Å². The number of hydrogen-bond acceptors (Lipinski definition) is 6. The molecule has 0 aliphatic heterocycles. The van der Waals surface area contributed by atoms with E-state index in [1.807, 2.05) is 20.8 Å². The average molecular weight is 532 g/mol. The van der Waals surface area contributed by atoms with Gasteiger partial charge in [-0.3, -0.25) is 0 Å². The Bertz CT molecular complexity index is 1400. The second-order valence-electron chi connectivity index (χ2n) is 11.1. The number of azo groups is 1. The lowest BCUT2D eigenvalue weighted by Crippen LogP contribution is -2.45. The quantitative estimate of drug-likeness (QED) is 0.232. The number of benzene rings is 3. The van der Waals surface area contributed by atoms with E-state index in [4.69, 9.17) is 0 Å². The normalized spacial score (nSPS) is 14.9. The maximum Gasteiger partial charge on any atom is 0.240 e. The van der Waals surface area contributed by atoms with Gasteiger partial charge in [0.1, 0.15) is 11.4 Å². The van der Waals surface area contributed by atoms with Crippen molar-refractivity contribution < 1.29 is 22.3 Å². The molecule has 0 spiro atoms.